The average Bonchev–Trinajstić information content (AvgIpc) is 0.911. The minimum Gasteiger partial charge on any atom is -0.494 e. The second kappa shape index (κ2) is 60.9. The number of rotatable bonds is 25. The number of hydrogen-bond donors (Lipinski definition) is 0. The predicted molar refractivity (Wildman–Crippen MR) is 436 cm³/mol. The maximum absolute atomic E-state index is 12.3. The van der Waals surface area contributed by atoms with Crippen molar-refractivity contribution in [2.24, 2.45) is 0 Å². The minimum atomic E-state index is -0.454. The van der Waals surface area contributed by atoms with Crippen LogP contribution < -0.4 is 18.9 Å². The van der Waals surface area contributed by atoms with Crippen LogP contribution >= 0.6 is 11.6 Å². The van der Waals surface area contributed by atoms with Gasteiger partial charge in [0.2, 0.25) is 0 Å². The number of carbonyl (C=O) groups is 8. The van der Waals surface area contributed by atoms with Crippen molar-refractivity contribution in [1.29, 1.82) is 0 Å². The third-order valence-electron chi connectivity index (χ3n) is 14.8. The number of halogens is 2. The Kier molecular flexibility index (Phi) is 53.4. The van der Waals surface area contributed by atoms with Crippen LogP contribution in [0.3, 0.4) is 0 Å². The van der Waals surface area contributed by atoms with Gasteiger partial charge in [-0.15, -0.1) is 0 Å². The molecule has 0 heterocycles. The number of hydrogen-bond acceptors (Lipinski definition) is 21. The Hall–Kier alpha value is -11.9. The molecule has 9 aromatic rings. The van der Waals surface area contributed by atoms with Gasteiger partial charge >= 0.3 is 47.8 Å². The van der Waals surface area contributed by atoms with Gasteiger partial charge in [0.25, 0.3) is 0 Å². The predicted octanol–water partition coefficient (Wildman–Crippen LogP) is 19.7. The van der Waals surface area contributed by atoms with Gasteiger partial charge in [-0.3, -0.25) is 0 Å². The third kappa shape index (κ3) is 43.9. The highest BCUT2D eigenvalue weighted by Crippen LogP contribution is 2.18. The number of ether oxygens (including phenoxy) is 13. The van der Waals surface area contributed by atoms with E-state index in [0.717, 1.165) is 72.0 Å². The maximum atomic E-state index is 12.3. The second-order valence-corrected chi connectivity index (χ2v) is 24.0. The molecule has 21 nitrogen and oxygen atoms in total. The molecule has 113 heavy (non-hydrogen) atoms. The van der Waals surface area contributed by atoms with Crippen molar-refractivity contribution in [1.82, 2.24) is 0 Å². The molecule has 0 amide bonds. The Morgan fingerprint density at radius 2 is 0.513 bits per heavy atom. The van der Waals surface area contributed by atoms with Crippen LogP contribution in [0.15, 0.2) is 218 Å². The van der Waals surface area contributed by atoms with Gasteiger partial charge in [-0.25, -0.2) is 42.7 Å². The first kappa shape index (κ1) is 99.1. The molecule has 608 valence electrons. The molecule has 0 atom stereocenters. The van der Waals surface area contributed by atoms with Crippen molar-refractivity contribution in [3.05, 3.63) is 296 Å². The Labute approximate surface area is 669 Å². The van der Waals surface area contributed by atoms with E-state index in [0.29, 0.717) is 76.0 Å². The Bertz CT molecular complexity index is 3770. The summed E-state index contributed by atoms with van der Waals surface area (Å²) < 4.78 is 75.3. The summed E-state index contributed by atoms with van der Waals surface area (Å²) in [7, 11) is 12.6. The number of aryl methyl sites for hydroxylation is 3. The van der Waals surface area contributed by atoms with Crippen molar-refractivity contribution in [3.8, 4) is 23.0 Å². The van der Waals surface area contributed by atoms with E-state index in [4.69, 9.17) is 35.3 Å². The van der Waals surface area contributed by atoms with Crippen LogP contribution in [0.4, 0.5) is 4.39 Å². The molecule has 0 unspecified atom stereocenters. The fourth-order valence-electron chi connectivity index (χ4n) is 8.53. The molecular formula is C90H108ClFO21. The molecule has 0 saturated carbocycles. The zero-order valence-corrected chi connectivity index (χ0v) is 68.4. The van der Waals surface area contributed by atoms with Crippen LogP contribution in [-0.4, -0.2) is 138 Å². The molecule has 0 aliphatic carbocycles. The fraction of sp³-hybridized carbons (Fsp3) is 0.311. The second-order valence-electron chi connectivity index (χ2n) is 23.6. The molecule has 0 aromatic heterocycles. The van der Waals surface area contributed by atoms with Crippen LogP contribution in [0.1, 0.15) is 178 Å². The summed E-state index contributed by atoms with van der Waals surface area (Å²) in [5.74, 6) is 0.275. The minimum absolute atomic E-state index is 0.287. The van der Waals surface area contributed by atoms with E-state index in [2.05, 4.69) is 51.7 Å². The summed E-state index contributed by atoms with van der Waals surface area (Å²) in [6.07, 6.45) is 8.10. The SMILES string of the molecule is CCCCCCOc1ccc(COC)cc1.CCCCOc1ccc(C(=O)OC)cc1.CCCOc1ccc(C(=O)OC)cc1.CCOc1ccc(C(=O)OC)cc1.COC(=O)c1ccc(C)cc1.COC(=O)c1ccc(C)cc1.COC(=O)c1ccc(C)cc1.COC(=O)c1ccc(Cl)cc1.COC(=O)c1ccc(F)cc1. The Morgan fingerprint density at radius 1 is 0.274 bits per heavy atom. The van der Waals surface area contributed by atoms with Crippen molar-refractivity contribution >= 4 is 59.4 Å². The van der Waals surface area contributed by atoms with Gasteiger partial charge in [-0.05, 0) is 222 Å². The molecule has 9 rings (SSSR count). The van der Waals surface area contributed by atoms with Crippen LogP contribution in [-0.2, 0) is 49.2 Å². The zero-order chi connectivity index (χ0) is 84.1. The highest BCUT2D eigenvalue weighted by molar-refractivity contribution is 6.30. The molecule has 9 aromatic carbocycles. The average molecular weight is 1580 g/mol. The number of methoxy groups -OCH3 is 9. The Morgan fingerprint density at radius 3 is 0.770 bits per heavy atom. The van der Waals surface area contributed by atoms with Crippen LogP contribution in [0.5, 0.6) is 23.0 Å². The number of carbonyl (C=O) groups excluding carboxylic acids is 8. The molecule has 0 fully saturated rings. The third-order valence-corrected chi connectivity index (χ3v) is 15.1. The molecule has 0 bridgehead atoms. The summed E-state index contributed by atoms with van der Waals surface area (Å²) >= 11 is 5.61. The molecule has 0 aliphatic heterocycles. The largest absolute Gasteiger partial charge is 0.494 e. The first-order valence-corrected chi connectivity index (χ1v) is 36.5. The first-order chi connectivity index (χ1) is 54.4. The van der Waals surface area contributed by atoms with E-state index >= 15 is 0 Å². The van der Waals surface area contributed by atoms with Gasteiger partial charge in [0.05, 0.1) is 134 Å². The van der Waals surface area contributed by atoms with Crippen molar-refractivity contribution in [2.75, 3.05) is 90.4 Å². The highest BCUT2D eigenvalue weighted by Gasteiger charge is 2.10. The van der Waals surface area contributed by atoms with Gasteiger partial charge in [-0.2, -0.15) is 0 Å². The first-order valence-electron chi connectivity index (χ1n) is 36.2. The van der Waals surface area contributed by atoms with Crippen LogP contribution in [0.25, 0.3) is 0 Å². The summed E-state index contributed by atoms with van der Waals surface area (Å²) in [5.41, 5.74) is 8.86. The van der Waals surface area contributed by atoms with Gasteiger partial charge in [0.15, 0.2) is 0 Å². The smallest absolute Gasteiger partial charge is 0.337 e. The van der Waals surface area contributed by atoms with Crippen LogP contribution in [0.2, 0.25) is 5.02 Å². The monoisotopic (exact) mass is 1580 g/mol. The summed E-state index contributed by atoms with van der Waals surface area (Å²) in [4.78, 5) is 87.6. The van der Waals surface area contributed by atoms with Gasteiger partial charge in [0.1, 0.15) is 28.8 Å². The molecular weight excluding hydrogens is 1470 g/mol. The molecule has 0 aliphatic rings. The molecule has 23 heteroatoms. The summed E-state index contributed by atoms with van der Waals surface area (Å²) in [6.45, 7) is 17.7. The lowest BCUT2D eigenvalue weighted by atomic mass is 10.2. The molecule has 0 spiro atoms. The van der Waals surface area contributed by atoms with Crippen LogP contribution in [0, 0.1) is 26.6 Å². The standard InChI is InChI=1S/C14H22O2.C12H16O3.C11H14O3.C10H12O3.3C9H10O2.C8H7ClO2.C8H7FO2/c1-3-4-5-6-11-16-14-9-7-13(8-10-14)12-15-2;1-3-4-9-15-11-7-5-10(6-8-11)12(13)14-2;1-3-8-14-10-6-4-9(5-7-10)11(12)13-2;1-3-13-9-6-4-8(5-7-9)10(11)12-2;3*1-7-3-5-8(6-4-7)9(10)11-2;2*1-11-8(10)6-2-4-7(9)5-3-6/h7-10H,3-6,11-12H2,1-2H3;5-8H,3-4,9H2,1-2H3;4-7H,3,8H2,1-2H3;4-7H,3H2,1-2H3;3*3-6H,1-2H3;2*2-5H,1H3. The number of unbranched alkanes of at least 4 members (excludes halogenated alkanes) is 4. The van der Waals surface area contributed by atoms with E-state index < -0.39 is 5.97 Å². The van der Waals surface area contributed by atoms with Gasteiger partial charge < -0.3 is 61.6 Å². The van der Waals surface area contributed by atoms with Crippen molar-refractivity contribution in [3.63, 3.8) is 0 Å². The van der Waals surface area contributed by atoms with E-state index in [-0.39, 0.29) is 47.6 Å². The lowest BCUT2D eigenvalue weighted by molar-refractivity contribution is 0.0591. The lowest BCUT2D eigenvalue weighted by Gasteiger charge is -2.06. The Balaban J connectivity index is 0.000000638. The van der Waals surface area contributed by atoms with Gasteiger partial charge in [0, 0.05) is 12.1 Å². The zero-order valence-electron chi connectivity index (χ0n) is 67.6. The molecule has 0 N–H and O–H groups in total. The van der Waals surface area contributed by atoms with Gasteiger partial charge in [-0.1, -0.05) is 123 Å². The summed E-state index contributed by atoms with van der Waals surface area (Å²) in [6, 6.07) is 62.3. The lowest BCUT2D eigenvalue weighted by Crippen LogP contribution is -2.01. The number of esters is 8. The van der Waals surface area contributed by atoms with Crippen molar-refractivity contribution < 1.29 is 104 Å². The highest BCUT2D eigenvalue weighted by atomic mass is 35.5. The number of benzene rings is 9. The van der Waals surface area contributed by atoms with E-state index in [1.165, 1.54) is 106 Å². The summed E-state index contributed by atoms with van der Waals surface area (Å²) in [5, 5.41) is 0.609. The van der Waals surface area contributed by atoms with E-state index in [1.54, 1.807) is 141 Å². The van der Waals surface area contributed by atoms with Crippen molar-refractivity contribution in [2.45, 2.75) is 100 Å². The van der Waals surface area contributed by atoms with E-state index in [9.17, 15) is 42.7 Å². The fourth-order valence-corrected chi connectivity index (χ4v) is 8.66. The molecule has 0 saturated heterocycles. The maximum Gasteiger partial charge on any atom is 0.337 e. The normalized spacial score (nSPS) is 9.54. The topological polar surface area (TPSA) is 257 Å². The quantitative estimate of drug-likeness (QED) is 0.0293. The van der Waals surface area contributed by atoms with E-state index in [1.807, 2.05) is 95.3 Å². The molecule has 0 radical (unpaired) electrons.